The van der Waals surface area contributed by atoms with Gasteiger partial charge in [-0.05, 0) is 52.9 Å². The van der Waals surface area contributed by atoms with Gasteiger partial charge in [-0.3, -0.25) is 0 Å². The van der Waals surface area contributed by atoms with E-state index in [1.165, 1.54) is 10.4 Å². The zero-order valence-corrected chi connectivity index (χ0v) is 12.6. The molecule has 2 rings (SSSR count). The molecule has 1 heterocycles. The first-order valence-electron chi connectivity index (χ1n) is 6.01. The average Bonchev–Trinajstić information content (AvgIpc) is 2.38. The second-order valence-corrected chi connectivity index (χ2v) is 7.39. The number of rotatable bonds is 3. The van der Waals surface area contributed by atoms with Crippen LogP contribution in [0.5, 0.6) is 0 Å². The summed E-state index contributed by atoms with van der Waals surface area (Å²) in [5, 5.41) is 9.16. The molecule has 1 aromatic carbocycles. The molecule has 19 heavy (non-hydrogen) atoms. The van der Waals surface area contributed by atoms with Crippen molar-refractivity contribution in [1.29, 1.82) is 0 Å². The minimum Gasteiger partial charge on any atom is -0.396 e. The smallest absolute Gasteiger partial charge is 0.244 e. The lowest BCUT2D eigenvalue weighted by atomic mass is 10.0. The summed E-state index contributed by atoms with van der Waals surface area (Å²) in [6.07, 6.45) is 1.55. The number of nitrogens with zero attached hydrogens (tertiary/aromatic N) is 1. The van der Waals surface area contributed by atoms with E-state index < -0.39 is 15.8 Å². The molecule has 0 radical (unpaired) electrons. The van der Waals surface area contributed by atoms with E-state index in [2.05, 4.69) is 15.9 Å². The molecule has 0 saturated carbocycles. The number of benzene rings is 1. The van der Waals surface area contributed by atoms with Crippen molar-refractivity contribution in [1.82, 2.24) is 4.31 Å². The van der Waals surface area contributed by atoms with Crippen LogP contribution in [0.1, 0.15) is 12.8 Å². The molecule has 0 amide bonds. The monoisotopic (exact) mass is 351 g/mol. The summed E-state index contributed by atoms with van der Waals surface area (Å²) in [6.45, 7) is 0.724. The van der Waals surface area contributed by atoms with Crippen LogP contribution in [0.4, 0.5) is 4.39 Å². The van der Waals surface area contributed by atoms with Gasteiger partial charge in [-0.15, -0.1) is 0 Å². The van der Waals surface area contributed by atoms with Crippen molar-refractivity contribution < 1.29 is 17.9 Å². The van der Waals surface area contributed by atoms with Crippen LogP contribution in [0.2, 0.25) is 0 Å². The van der Waals surface area contributed by atoms with Crippen molar-refractivity contribution in [3.05, 3.63) is 28.5 Å². The maximum Gasteiger partial charge on any atom is 0.244 e. The highest BCUT2D eigenvalue weighted by Gasteiger charge is 2.31. The molecule has 4 nitrogen and oxygen atoms in total. The number of halogens is 2. The third kappa shape index (κ3) is 3.16. The Morgan fingerprint density at radius 1 is 1.47 bits per heavy atom. The van der Waals surface area contributed by atoms with Crippen molar-refractivity contribution in [2.45, 2.75) is 17.7 Å². The lowest BCUT2D eigenvalue weighted by Crippen LogP contribution is -2.41. The predicted molar refractivity (Wildman–Crippen MR) is 72.7 cm³/mol. The summed E-state index contributed by atoms with van der Waals surface area (Å²) in [5.74, 6) is -0.513. The van der Waals surface area contributed by atoms with Gasteiger partial charge in [0, 0.05) is 24.2 Å². The minimum absolute atomic E-state index is 0.0173. The molecule has 0 bridgehead atoms. The number of hydrogen-bond acceptors (Lipinski definition) is 3. The summed E-state index contributed by atoms with van der Waals surface area (Å²) in [6, 6.07) is 3.53. The number of aliphatic hydroxyl groups excluding tert-OH is 1. The molecule has 1 saturated heterocycles. The Hall–Kier alpha value is -0.500. The van der Waals surface area contributed by atoms with Gasteiger partial charge in [0.2, 0.25) is 10.0 Å². The van der Waals surface area contributed by atoms with E-state index in [0.29, 0.717) is 13.1 Å². The lowest BCUT2D eigenvalue weighted by Gasteiger charge is -2.31. The fraction of sp³-hybridized carbons (Fsp3) is 0.500. The number of aliphatic hydroxyl groups is 1. The first-order chi connectivity index (χ1) is 8.95. The molecule has 1 atom stereocenters. The van der Waals surface area contributed by atoms with Crippen molar-refractivity contribution in [2.75, 3.05) is 19.7 Å². The Morgan fingerprint density at radius 3 is 2.84 bits per heavy atom. The molecule has 0 aromatic heterocycles. The first kappa shape index (κ1) is 14.9. The quantitative estimate of drug-likeness (QED) is 0.905. The van der Waals surface area contributed by atoms with Crippen molar-refractivity contribution in [3.63, 3.8) is 0 Å². The third-order valence-corrected chi connectivity index (χ3v) is 6.09. The van der Waals surface area contributed by atoms with E-state index in [9.17, 15) is 12.8 Å². The average molecular weight is 352 g/mol. The first-order valence-corrected chi connectivity index (χ1v) is 8.24. The molecule has 1 aromatic rings. The third-order valence-electron chi connectivity index (χ3n) is 3.25. The summed E-state index contributed by atoms with van der Waals surface area (Å²) in [4.78, 5) is 0.0625. The van der Waals surface area contributed by atoms with Crippen molar-refractivity contribution in [3.8, 4) is 0 Å². The second kappa shape index (κ2) is 5.87. The summed E-state index contributed by atoms with van der Waals surface area (Å²) in [7, 11) is -3.64. The van der Waals surface area contributed by atoms with E-state index in [1.807, 2.05) is 0 Å². The Balaban J connectivity index is 2.31. The van der Waals surface area contributed by atoms with E-state index in [0.717, 1.165) is 25.0 Å². The van der Waals surface area contributed by atoms with E-state index >= 15 is 0 Å². The van der Waals surface area contributed by atoms with Crippen LogP contribution in [0.25, 0.3) is 0 Å². The van der Waals surface area contributed by atoms with Gasteiger partial charge in [0.15, 0.2) is 0 Å². The Morgan fingerprint density at radius 2 is 2.21 bits per heavy atom. The molecular weight excluding hydrogens is 337 g/mol. The van der Waals surface area contributed by atoms with Gasteiger partial charge in [-0.1, -0.05) is 0 Å². The normalized spacial score (nSPS) is 21.5. The van der Waals surface area contributed by atoms with Gasteiger partial charge in [-0.2, -0.15) is 4.31 Å². The highest BCUT2D eigenvalue weighted by atomic mass is 79.9. The van der Waals surface area contributed by atoms with Gasteiger partial charge < -0.3 is 5.11 Å². The summed E-state index contributed by atoms with van der Waals surface area (Å²) in [5.41, 5.74) is 0. The van der Waals surface area contributed by atoms with E-state index in [1.54, 1.807) is 0 Å². The Kier molecular flexibility index (Phi) is 4.60. The fourth-order valence-corrected chi connectivity index (χ4v) is 4.78. The van der Waals surface area contributed by atoms with E-state index in [-0.39, 0.29) is 21.9 Å². The Labute approximate surface area is 120 Å². The molecule has 1 unspecified atom stereocenters. The van der Waals surface area contributed by atoms with Gasteiger partial charge in [-0.25, -0.2) is 12.8 Å². The van der Waals surface area contributed by atoms with Crippen LogP contribution in [-0.2, 0) is 10.0 Å². The Bertz CT molecular complexity index is 564. The standard InChI is InChI=1S/C12H15BrFNO3S/c13-11-6-10(14)3-4-12(11)19(17,18)15-5-1-2-9(7-15)8-16/h3-4,6,9,16H,1-2,5,7-8H2. The molecule has 1 aliphatic rings. The van der Waals surface area contributed by atoms with Crippen molar-refractivity contribution in [2.24, 2.45) is 5.92 Å². The van der Waals surface area contributed by atoms with Gasteiger partial charge >= 0.3 is 0 Å². The number of piperidine rings is 1. The minimum atomic E-state index is -3.64. The molecule has 1 aliphatic heterocycles. The highest BCUT2D eigenvalue weighted by molar-refractivity contribution is 9.10. The van der Waals surface area contributed by atoms with Crippen LogP contribution in [-0.4, -0.2) is 37.5 Å². The van der Waals surface area contributed by atoms with Crippen LogP contribution in [0, 0.1) is 11.7 Å². The topological polar surface area (TPSA) is 57.6 Å². The fourth-order valence-electron chi connectivity index (χ4n) is 2.22. The SMILES string of the molecule is O=S(=O)(c1ccc(F)cc1Br)N1CCCC(CO)C1. The van der Waals surface area contributed by atoms with Crippen LogP contribution in [0.15, 0.2) is 27.6 Å². The molecule has 0 aliphatic carbocycles. The summed E-state index contributed by atoms with van der Waals surface area (Å²) < 4.78 is 39.5. The molecule has 1 N–H and O–H groups in total. The number of sulfonamides is 1. The second-order valence-electron chi connectivity index (χ2n) is 4.63. The van der Waals surface area contributed by atoms with Gasteiger partial charge in [0.25, 0.3) is 0 Å². The predicted octanol–water partition coefficient (Wildman–Crippen LogP) is 1.98. The van der Waals surface area contributed by atoms with Gasteiger partial charge in [0.1, 0.15) is 5.82 Å². The maximum absolute atomic E-state index is 13.0. The van der Waals surface area contributed by atoms with Crippen LogP contribution < -0.4 is 0 Å². The van der Waals surface area contributed by atoms with E-state index in [4.69, 9.17) is 5.11 Å². The zero-order valence-electron chi connectivity index (χ0n) is 10.2. The largest absolute Gasteiger partial charge is 0.396 e. The van der Waals surface area contributed by atoms with Crippen LogP contribution in [0.3, 0.4) is 0 Å². The molecule has 1 fully saturated rings. The highest BCUT2D eigenvalue weighted by Crippen LogP contribution is 2.28. The lowest BCUT2D eigenvalue weighted by molar-refractivity contribution is 0.165. The molecule has 7 heteroatoms. The molecule has 0 spiro atoms. The molecule has 106 valence electrons. The van der Waals surface area contributed by atoms with Gasteiger partial charge in [0.05, 0.1) is 4.90 Å². The molecular formula is C12H15BrFNO3S. The maximum atomic E-state index is 13.0. The zero-order chi connectivity index (χ0) is 14.0. The number of hydrogen-bond donors (Lipinski definition) is 1. The summed E-state index contributed by atoms with van der Waals surface area (Å²) >= 11 is 3.09. The van der Waals surface area contributed by atoms with Crippen LogP contribution >= 0.6 is 15.9 Å². The van der Waals surface area contributed by atoms with Crippen molar-refractivity contribution >= 4 is 26.0 Å².